The van der Waals surface area contributed by atoms with Crippen LogP contribution in [0.25, 0.3) is 11.5 Å². The lowest BCUT2D eigenvalue weighted by atomic mass is 10.1. The number of rotatable bonds is 3. The van der Waals surface area contributed by atoms with E-state index in [0.29, 0.717) is 12.4 Å². The van der Waals surface area contributed by atoms with Gasteiger partial charge in [0.2, 0.25) is 5.89 Å². The molecule has 0 unspecified atom stereocenters. The van der Waals surface area contributed by atoms with Crippen LogP contribution in [-0.4, -0.2) is 24.0 Å². The van der Waals surface area contributed by atoms with E-state index in [1.54, 1.807) is 6.26 Å². The Balaban J connectivity index is 1.64. The smallest absolute Gasteiger partial charge is 0.226 e. The Morgan fingerprint density at radius 3 is 2.90 bits per heavy atom. The van der Waals surface area contributed by atoms with Gasteiger partial charge in [0.1, 0.15) is 6.26 Å². The van der Waals surface area contributed by atoms with Crippen LogP contribution in [0.1, 0.15) is 17.7 Å². The van der Waals surface area contributed by atoms with Gasteiger partial charge in [0, 0.05) is 18.7 Å². The number of guanidine groups is 1. The van der Waals surface area contributed by atoms with Crippen LogP contribution >= 0.6 is 0 Å². The second kappa shape index (κ2) is 5.77. The number of nitrogens with one attached hydrogen (secondary N) is 2. The molecule has 3 rings (SSSR count). The highest BCUT2D eigenvalue weighted by molar-refractivity contribution is 5.80. The SMILES string of the molecule is Cc1ccc(-c2nc(CNC3=NCCCN3)co2)cc1. The van der Waals surface area contributed by atoms with Crippen LogP contribution in [0.3, 0.4) is 0 Å². The predicted molar refractivity (Wildman–Crippen MR) is 78.4 cm³/mol. The van der Waals surface area contributed by atoms with Crippen molar-refractivity contribution < 1.29 is 4.42 Å². The highest BCUT2D eigenvalue weighted by Gasteiger charge is 2.08. The molecule has 2 N–H and O–H groups in total. The molecule has 0 radical (unpaired) electrons. The summed E-state index contributed by atoms with van der Waals surface area (Å²) in [4.78, 5) is 8.84. The third-order valence-electron chi connectivity index (χ3n) is 3.18. The van der Waals surface area contributed by atoms with Gasteiger partial charge in [-0.15, -0.1) is 0 Å². The van der Waals surface area contributed by atoms with Crippen molar-refractivity contribution >= 4 is 5.96 Å². The van der Waals surface area contributed by atoms with Gasteiger partial charge in [-0.1, -0.05) is 17.7 Å². The van der Waals surface area contributed by atoms with Crippen molar-refractivity contribution in [1.29, 1.82) is 0 Å². The molecule has 1 aromatic heterocycles. The molecule has 2 aromatic rings. The molecule has 2 heterocycles. The van der Waals surface area contributed by atoms with Crippen molar-refractivity contribution in [1.82, 2.24) is 15.6 Å². The molecular formula is C15H18N4O. The number of aryl methyl sites for hydroxylation is 1. The maximum absolute atomic E-state index is 5.52. The van der Waals surface area contributed by atoms with Crippen LogP contribution in [0.5, 0.6) is 0 Å². The summed E-state index contributed by atoms with van der Waals surface area (Å²) < 4.78 is 5.52. The summed E-state index contributed by atoms with van der Waals surface area (Å²) in [6.07, 6.45) is 2.78. The number of hydrogen-bond acceptors (Lipinski definition) is 5. The number of nitrogens with zero attached hydrogens (tertiary/aromatic N) is 2. The molecule has 5 nitrogen and oxygen atoms in total. The van der Waals surface area contributed by atoms with Gasteiger partial charge < -0.3 is 15.1 Å². The average molecular weight is 270 g/mol. The Bertz CT molecular complexity index is 601. The Hall–Kier alpha value is -2.30. The fraction of sp³-hybridized carbons (Fsp3) is 0.333. The quantitative estimate of drug-likeness (QED) is 0.896. The van der Waals surface area contributed by atoms with Crippen molar-refractivity contribution in [2.75, 3.05) is 13.1 Å². The zero-order valence-corrected chi connectivity index (χ0v) is 11.5. The van der Waals surface area contributed by atoms with Crippen LogP contribution in [0.15, 0.2) is 39.9 Å². The first-order valence-electron chi connectivity index (χ1n) is 6.85. The van der Waals surface area contributed by atoms with Crippen molar-refractivity contribution in [2.45, 2.75) is 19.9 Å². The van der Waals surface area contributed by atoms with Crippen LogP contribution in [0, 0.1) is 6.92 Å². The number of benzene rings is 1. The molecule has 0 atom stereocenters. The Labute approximate surface area is 118 Å². The van der Waals surface area contributed by atoms with Crippen LogP contribution in [0.2, 0.25) is 0 Å². The number of oxazole rings is 1. The van der Waals surface area contributed by atoms with Gasteiger partial charge in [-0.2, -0.15) is 0 Å². The van der Waals surface area contributed by atoms with Crippen LogP contribution in [0.4, 0.5) is 0 Å². The van der Waals surface area contributed by atoms with E-state index in [1.807, 2.05) is 12.1 Å². The minimum absolute atomic E-state index is 0.612. The molecule has 20 heavy (non-hydrogen) atoms. The maximum atomic E-state index is 5.52. The minimum Gasteiger partial charge on any atom is -0.444 e. The maximum Gasteiger partial charge on any atom is 0.226 e. The van der Waals surface area contributed by atoms with E-state index < -0.39 is 0 Å². The normalized spacial score (nSPS) is 14.6. The summed E-state index contributed by atoms with van der Waals surface area (Å²) in [5, 5.41) is 6.44. The molecule has 1 aliphatic rings. The standard InChI is InChI=1S/C15H18N4O/c1-11-3-5-12(6-4-11)14-19-13(10-20-14)9-18-15-16-7-2-8-17-15/h3-6,10H,2,7-9H2,1H3,(H2,16,17,18). The zero-order valence-electron chi connectivity index (χ0n) is 11.5. The Morgan fingerprint density at radius 2 is 2.15 bits per heavy atom. The molecule has 0 aliphatic carbocycles. The summed E-state index contributed by atoms with van der Waals surface area (Å²) in [5.41, 5.74) is 3.09. The molecule has 1 aliphatic heterocycles. The van der Waals surface area contributed by atoms with Gasteiger partial charge in [-0.05, 0) is 25.5 Å². The molecule has 0 amide bonds. The van der Waals surface area contributed by atoms with E-state index in [4.69, 9.17) is 4.42 Å². The summed E-state index contributed by atoms with van der Waals surface area (Å²) in [5.74, 6) is 1.50. The molecule has 0 fully saturated rings. The second-order valence-corrected chi connectivity index (χ2v) is 4.87. The van der Waals surface area contributed by atoms with Crippen molar-refractivity contribution in [3.05, 3.63) is 41.8 Å². The second-order valence-electron chi connectivity index (χ2n) is 4.87. The molecule has 1 aromatic carbocycles. The van der Waals surface area contributed by atoms with Crippen molar-refractivity contribution in [3.63, 3.8) is 0 Å². The van der Waals surface area contributed by atoms with Gasteiger partial charge >= 0.3 is 0 Å². The van der Waals surface area contributed by atoms with E-state index in [0.717, 1.165) is 36.7 Å². The number of aromatic nitrogens is 1. The van der Waals surface area contributed by atoms with E-state index >= 15 is 0 Å². The lowest BCUT2D eigenvalue weighted by molar-refractivity contribution is 0.572. The highest BCUT2D eigenvalue weighted by Crippen LogP contribution is 2.18. The molecule has 0 bridgehead atoms. The summed E-state index contributed by atoms with van der Waals surface area (Å²) in [6, 6.07) is 8.15. The highest BCUT2D eigenvalue weighted by atomic mass is 16.3. The van der Waals surface area contributed by atoms with Gasteiger partial charge in [0.15, 0.2) is 5.96 Å². The lowest BCUT2D eigenvalue weighted by Crippen LogP contribution is -2.40. The summed E-state index contributed by atoms with van der Waals surface area (Å²) >= 11 is 0. The molecule has 0 spiro atoms. The third-order valence-corrected chi connectivity index (χ3v) is 3.18. The summed E-state index contributed by atoms with van der Waals surface area (Å²) in [7, 11) is 0. The predicted octanol–water partition coefficient (Wildman–Crippen LogP) is 2.09. The molecular weight excluding hydrogens is 252 g/mol. The van der Waals surface area contributed by atoms with Crippen molar-refractivity contribution in [2.24, 2.45) is 4.99 Å². The van der Waals surface area contributed by atoms with E-state index in [2.05, 4.69) is 39.7 Å². The first kappa shape index (κ1) is 12.7. The molecule has 104 valence electrons. The topological polar surface area (TPSA) is 62.5 Å². The summed E-state index contributed by atoms with van der Waals surface area (Å²) in [6.45, 7) is 4.52. The van der Waals surface area contributed by atoms with Gasteiger partial charge in [0.05, 0.1) is 12.2 Å². The van der Waals surface area contributed by atoms with Gasteiger partial charge in [-0.3, -0.25) is 4.99 Å². The minimum atomic E-state index is 0.612. The van der Waals surface area contributed by atoms with Crippen LogP contribution in [-0.2, 0) is 6.54 Å². The average Bonchev–Trinajstić information content (AvgIpc) is 2.96. The number of aliphatic imine (C=N–C) groups is 1. The van der Waals surface area contributed by atoms with E-state index in [1.165, 1.54) is 5.56 Å². The zero-order chi connectivity index (χ0) is 13.8. The van der Waals surface area contributed by atoms with Gasteiger partial charge in [-0.25, -0.2) is 4.98 Å². The largest absolute Gasteiger partial charge is 0.444 e. The van der Waals surface area contributed by atoms with E-state index in [9.17, 15) is 0 Å². The Morgan fingerprint density at radius 1 is 1.30 bits per heavy atom. The van der Waals surface area contributed by atoms with E-state index in [-0.39, 0.29) is 0 Å². The molecule has 5 heteroatoms. The Kier molecular flexibility index (Phi) is 3.67. The van der Waals surface area contributed by atoms with Crippen molar-refractivity contribution in [3.8, 4) is 11.5 Å². The fourth-order valence-corrected chi connectivity index (χ4v) is 2.04. The molecule has 0 saturated heterocycles. The molecule has 0 saturated carbocycles. The number of hydrogen-bond donors (Lipinski definition) is 2. The van der Waals surface area contributed by atoms with Gasteiger partial charge in [0.25, 0.3) is 0 Å². The third kappa shape index (κ3) is 2.99. The first-order valence-corrected chi connectivity index (χ1v) is 6.85. The lowest BCUT2D eigenvalue weighted by Gasteiger charge is -2.14. The fourth-order valence-electron chi connectivity index (χ4n) is 2.04. The monoisotopic (exact) mass is 270 g/mol. The van der Waals surface area contributed by atoms with Crippen LogP contribution < -0.4 is 10.6 Å². The first-order chi connectivity index (χ1) is 9.81.